The Kier molecular flexibility index (Phi) is 42.5. The lowest BCUT2D eigenvalue weighted by Gasteiger charge is -2.19. The number of carboxylic acid groups (broad SMARTS) is 1. The number of thiazole rings is 4. The number of halogens is 5. The van der Waals surface area contributed by atoms with Crippen LogP contribution in [-0.4, -0.2) is 60.4 Å². The van der Waals surface area contributed by atoms with E-state index in [1.165, 1.54) is 139 Å². The van der Waals surface area contributed by atoms with Crippen molar-refractivity contribution < 1.29 is 46.6 Å². The van der Waals surface area contributed by atoms with Gasteiger partial charge in [-0.1, -0.05) is 343 Å². The number of nitrogens with one attached hydrogen (secondary N) is 2. The van der Waals surface area contributed by atoms with Gasteiger partial charge in [0.15, 0.2) is 16.4 Å². The highest BCUT2D eigenvalue weighted by Gasteiger charge is 2.25. The summed E-state index contributed by atoms with van der Waals surface area (Å²) < 4.78 is 60.1. The lowest BCUT2D eigenvalue weighted by atomic mass is 9.86. The van der Waals surface area contributed by atoms with Gasteiger partial charge in [0.05, 0.1) is 56.9 Å². The van der Waals surface area contributed by atoms with Crippen LogP contribution in [0.2, 0.25) is 0 Å². The average molecular weight is 2040 g/mol. The van der Waals surface area contributed by atoms with E-state index < -0.39 is 41.3 Å². The molecule has 5 N–H and O–H groups in total. The largest absolute Gasteiger partial charge is 0.476 e. The lowest BCUT2D eigenvalue weighted by molar-refractivity contribution is 0.0519. The van der Waals surface area contributed by atoms with E-state index in [-0.39, 0.29) is 72.5 Å². The van der Waals surface area contributed by atoms with Crippen LogP contribution in [0.4, 0.5) is 17.6 Å². The fourth-order valence-corrected chi connectivity index (χ4v) is 17.2. The smallest absolute Gasteiger partial charge is 0.357 e. The van der Waals surface area contributed by atoms with Gasteiger partial charge in [0.2, 0.25) is 0 Å². The van der Waals surface area contributed by atoms with Crippen molar-refractivity contribution >= 4 is 102 Å². The minimum absolute atomic E-state index is 0.0302. The number of esters is 1. The quantitative estimate of drug-likeness (QED) is 0.0228. The molecule has 0 aliphatic rings. The first kappa shape index (κ1) is 115. The number of nitrogens with two attached hydrogens (primary N) is 1. The van der Waals surface area contributed by atoms with E-state index >= 15 is 0 Å². The van der Waals surface area contributed by atoms with Crippen molar-refractivity contribution in [1.29, 1.82) is 5.26 Å². The molecule has 2 amide bonds. The number of aromatic carboxylic acids is 1. The number of thiocarbonyl (C=S) groups is 1. The summed E-state index contributed by atoms with van der Waals surface area (Å²) in [5, 5.41) is 33.6. The van der Waals surface area contributed by atoms with Gasteiger partial charge in [-0.25, -0.2) is 47.1 Å². The Balaban J connectivity index is 0.000000227. The number of alkyl halides is 1. The summed E-state index contributed by atoms with van der Waals surface area (Å²) in [6, 6.07) is 65.4. The summed E-state index contributed by atoms with van der Waals surface area (Å²) >= 11 is 13.9. The van der Waals surface area contributed by atoms with Gasteiger partial charge in [-0.3, -0.25) is 9.59 Å². The van der Waals surface area contributed by atoms with Gasteiger partial charge in [-0.15, -0.1) is 45.3 Å². The minimum Gasteiger partial charge on any atom is -0.476 e. The first-order valence-electron chi connectivity index (χ1n) is 46.4. The van der Waals surface area contributed by atoms with Gasteiger partial charge in [0, 0.05) is 70.1 Å². The number of benzene rings is 9. The molecule has 13 rings (SSSR count). The first-order valence-corrected chi connectivity index (χ1v) is 51.4. The topological polar surface area (TPSA) is 223 Å². The minimum atomic E-state index is -0.967. The summed E-state index contributed by atoms with van der Waals surface area (Å²) in [5.41, 5.74) is 26.4. The van der Waals surface area contributed by atoms with Crippen LogP contribution in [0, 0.1) is 48.4 Å². The summed E-state index contributed by atoms with van der Waals surface area (Å²) in [6.45, 7) is 54.4. The second-order valence-corrected chi connectivity index (χ2v) is 46.4. The normalized spacial score (nSPS) is 11.9. The molecule has 13 aromatic rings. The standard InChI is InChI=1S/2C24H26F2N2OS.C17H21NO2S.C15H17NO2S.C12H17NS.C12H15N.C11H15Br/c1-14-19(25)11-17(12-20(14)26)15(2)27-23(29)21-13-30-22(28-21)10-16-6-8-18(9-7-16)24(3,4)5;1-14-20(25)11-17(12-21(14)26)15(2)27-22(29)23-28-19(13-30-23)10-16-6-8-18(9-7-16)24(3,4)5;1-5-20-16(19)14-11-21-15(18-14)10-12-6-8-13(9-7-12)17(2,3)4;1-15(2,3)11-6-4-10(5-7-11)8-13-16-12(9-19-13)14(17)18;1-12(2,3)10-6-4-9(5-7-10)8-11(13)14;1-12(2,3)11-6-4-10(5-7-11)8-9-13;1-11(2,3)10-6-4-9(8-12)5-7-10/h2*6-9,11-13,15H,10H2,1-5H3,(H,27,29);6-9,11H,5,10H2,1-4H3;4-7,9H,8H2,1-3H3,(H,17,18);4-7H,8H2,1-3H3,(H2,13,14);4-7H,8H2,1-3H3;4-7H,8H2,1-3H3/t2*15-;;;;;/m11...../s1. The molecule has 14 nitrogen and oxygen atoms in total. The maximum Gasteiger partial charge on any atom is 0.357 e. The monoisotopic (exact) mass is 2040 g/mol. The van der Waals surface area contributed by atoms with Crippen molar-refractivity contribution in [2.45, 2.75) is 274 Å². The van der Waals surface area contributed by atoms with Crippen LogP contribution < -0.4 is 16.4 Å². The number of rotatable bonds is 21. The molecule has 0 radical (unpaired) electrons. The molecule has 2 atom stereocenters. The number of carbonyl (C=O) groups is 4. The van der Waals surface area contributed by atoms with Crippen LogP contribution in [-0.2, 0) is 86.5 Å². The number of amides is 2. The predicted octanol–water partition coefficient (Wildman–Crippen LogP) is 29.9. The Morgan fingerprint density at radius 3 is 0.993 bits per heavy atom. The molecule has 0 aliphatic heterocycles. The Bertz CT molecular complexity index is 6000. The van der Waals surface area contributed by atoms with Gasteiger partial charge in [-0.05, 0) is 186 Å². The zero-order valence-electron chi connectivity index (χ0n) is 85.3. The molecule has 0 spiro atoms. The van der Waals surface area contributed by atoms with Crippen molar-refractivity contribution in [3.8, 4) is 6.07 Å². The number of aromatic nitrogens is 4. The number of nitrogens with zero attached hydrogens (tertiary/aromatic N) is 5. The van der Waals surface area contributed by atoms with Crippen LogP contribution in [0.1, 0.15) is 340 Å². The lowest BCUT2D eigenvalue weighted by Crippen LogP contribution is -2.27. The Labute approximate surface area is 852 Å². The summed E-state index contributed by atoms with van der Waals surface area (Å²) in [6.07, 6.45) is 3.91. The van der Waals surface area contributed by atoms with Gasteiger partial charge < -0.3 is 26.2 Å². The molecule has 0 aliphatic carbocycles. The number of hydrogen-bond donors (Lipinski definition) is 4. The fraction of sp³-hybridized carbons (Fsp3) is 0.374. The van der Waals surface area contributed by atoms with E-state index in [2.05, 4.69) is 356 Å². The zero-order valence-corrected chi connectivity index (χ0v) is 91.0. The summed E-state index contributed by atoms with van der Waals surface area (Å²) in [5.74, 6) is -4.54. The highest BCUT2D eigenvalue weighted by atomic mass is 79.9. The SMILES string of the molecule is CC(C)(C)c1ccc(CBr)cc1.CC(C)(C)c1ccc(CC#N)cc1.CC(C)(C)c1ccc(CC(N)=S)cc1.CC(C)(C)c1ccc(Cc2nc(C(=O)O)cs2)cc1.CCOC(=O)c1csc(Cc2ccc(C(C)(C)C)cc2)n1.Cc1c(F)cc([C@@H](C)NC(=O)c2csc(Cc3ccc(C(C)(C)C)cc3)n2)cc1F.Cc1c(F)cc([C@@H](C)NC(=O)c2nc(Cc3ccc(C(C)(C)C)cc3)cs2)cc1F. The molecule has 0 bridgehead atoms. The Hall–Kier alpha value is -11.0. The third-order valence-electron chi connectivity index (χ3n) is 22.6. The number of carbonyl (C=O) groups excluding carboxylic acids is 3. The van der Waals surface area contributed by atoms with E-state index in [0.29, 0.717) is 71.2 Å². The number of ether oxygens (including phenoxy) is 1. The van der Waals surface area contributed by atoms with E-state index in [1.807, 2.05) is 17.5 Å². The summed E-state index contributed by atoms with van der Waals surface area (Å²) in [7, 11) is 0. The molecule has 0 saturated carbocycles. The van der Waals surface area contributed by atoms with Crippen molar-refractivity contribution in [1.82, 2.24) is 30.6 Å². The van der Waals surface area contributed by atoms with Crippen molar-refractivity contribution in [2.75, 3.05) is 6.61 Å². The zero-order chi connectivity index (χ0) is 103. The summed E-state index contributed by atoms with van der Waals surface area (Å²) in [4.78, 5) is 65.3. The maximum absolute atomic E-state index is 13.8. The first-order chi connectivity index (χ1) is 64.8. The molecular formula is C115H137BrF4N8O6S5. The number of carboxylic acids is 1. The molecule has 0 fully saturated rings. The van der Waals surface area contributed by atoms with Crippen LogP contribution in [0.3, 0.4) is 0 Å². The van der Waals surface area contributed by atoms with Crippen molar-refractivity contribution in [3.05, 3.63) is 382 Å². The van der Waals surface area contributed by atoms with Gasteiger partial charge in [-0.2, -0.15) is 5.26 Å². The third-order valence-corrected chi connectivity index (χ3v) is 26.9. The van der Waals surface area contributed by atoms with Crippen molar-refractivity contribution in [3.63, 3.8) is 0 Å². The molecule has 4 heterocycles. The molecule has 9 aromatic carbocycles. The maximum atomic E-state index is 13.8. The average Bonchev–Trinajstić information content (AvgIpc) is 1.69. The Morgan fingerprint density at radius 1 is 0.417 bits per heavy atom. The van der Waals surface area contributed by atoms with Crippen LogP contribution in [0.5, 0.6) is 0 Å². The molecular weight excluding hydrogens is 1910 g/mol. The molecule has 0 unspecified atom stereocenters. The predicted molar refractivity (Wildman–Crippen MR) is 575 cm³/mol. The van der Waals surface area contributed by atoms with E-state index in [0.717, 1.165) is 54.7 Å². The van der Waals surface area contributed by atoms with Crippen LogP contribution in [0.15, 0.2) is 216 Å². The number of hydrogen-bond acceptors (Lipinski definition) is 15. The van der Waals surface area contributed by atoms with Crippen molar-refractivity contribution in [2.24, 2.45) is 5.73 Å². The van der Waals surface area contributed by atoms with Crippen LogP contribution >= 0.6 is 73.5 Å². The van der Waals surface area contributed by atoms with E-state index in [1.54, 1.807) is 36.9 Å². The highest BCUT2D eigenvalue weighted by molar-refractivity contribution is 9.08. The molecule has 4 aromatic heterocycles. The molecule has 24 heteroatoms. The molecule has 139 heavy (non-hydrogen) atoms. The molecule has 738 valence electrons. The van der Waals surface area contributed by atoms with E-state index in [4.69, 9.17) is 33.1 Å². The van der Waals surface area contributed by atoms with Crippen LogP contribution in [0.25, 0.3) is 0 Å². The van der Waals surface area contributed by atoms with E-state index in [9.17, 15) is 36.7 Å². The van der Waals surface area contributed by atoms with Gasteiger partial charge in [0.1, 0.15) is 29.0 Å². The highest BCUT2D eigenvalue weighted by Crippen LogP contribution is 2.33. The van der Waals surface area contributed by atoms with Gasteiger partial charge >= 0.3 is 11.9 Å². The Morgan fingerprint density at radius 2 is 0.698 bits per heavy atom. The number of nitriles is 1. The molecule has 0 saturated heterocycles. The van der Waals surface area contributed by atoms with Gasteiger partial charge in [0.25, 0.3) is 11.8 Å². The third kappa shape index (κ3) is 37.8. The fourth-order valence-electron chi connectivity index (χ4n) is 13.6. The second kappa shape index (κ2) is 51.4. The second-order valence-electron chi connectivity index (χ2n) is 41.6.